The van der Waals surface area contributed by atoms with Crippen molar-refractivity contribution in [1.82, 2.24) is 0 Å². The molecule has 0 bridgehead atoms. The van der Waals surface area contributed by atoms with Crippen LogP contribution in [0.15, 0.2) is 48.5 Å². The molecule has 10 heteroatoms. The minimum Gasteiger partial charge on any atom is -0.406 e. The molecule has 0 N–H and O–H groups in total. The van der Waals surface area contributed by atoms with Crippen molar-refractivity contribution in [2.45, 2.75) is 12.7 Å². The molecular formula is C14H8ClF6O2P. The molecule has 2 aromatic rings. The molecule has 0 unspecified atom stereocenters. The lowest BCUT2D eigenvalue weighted by atomic mass is 10.3. The summed E-state index contributed by atoms with van der Waals surface area (Å²) in [6.45, 7) is 0. The smallest absolute Gasteiger partial charge is 0.406 e. The van der Waals surface area contributed by atoms with Crippen LogP contribution in [0.25, 0.3) is 0 Å². The average Bonchev–Trinajstić information content (AvgIpc) is 2.45. The van der Waals surface area contributed by atoms with E-state index < -0.39 is 20.0 Å². The lowest BCUT2D eigenvalue weighted by molar-refractivity contribution is -0.275. The first-order valence-corrected chi connectivity index (χ1v) is 8.46. The number of halogens is 7. The van der Waals surface area contributed by atoms with Crippen molar-refractivity contribution in [2.75, 3.05) is 0 Å². The van der Waals surface area contributed by atoms with Crippen molar-refractivity contribution in [3.05, 3.63) is 48.5 Å². The van der Waals surface area contributed by atoms with Crippen LogP contribution in [0.1, 0.15) is 0 Å². The highest BCUT2D eigenvalue weighted by Gasteiger charge is 2.31. The molecule has 130 valence electrons. The molecule has 24 heavy (non-hydrogen) atoms. The van der Waals surface area contributed by atoms with E-state index in [1.807, 2.05) is 0 Å². The molecular weight excluding hydrogens is 381 g/mol. The van der Waals surface area contributed by atoms with Gasteiger partial charge in [0.2, 0.25) is 0 Å². The Bertz CT molecular complexity index is 610. The molecule has 0 radical (unpaired) electrons. The van der Waals surface area contributed by atoms with Gasteiger partial charge in [-0.3, -0.25) is 0 Å². The van der Waals surface area contributed by atoms with E-state index in [0.29, 0.717) is 10.6 Å². The molecule has 0 aromatic heterocycles. The van der Waals surface area contributed by atoms with Crippen molar-refractivity contribution in [3.8, 4) is 11.5 Å². The third kappa shape index (κ3) is 5.76. The number of benzene rings is 2. The van der Waals surface area contributed by atoms with Gasteiger partial charge < -0.3 is 9.47 Å². The lowest BCUT2D eigenvalue weighted by Gasteiger charge is -2.13. The Hall–Kier alpha value is -1.66. The third-order valence-corrected chi connectivity index (χ3v) is 5.27. The van der Waals surface area contributed by atoms with Crippen LogP contribution < -0.4 is 20.1 Å². The zero-order valence-corrected chi connectivity index (χ0v) is 13.2. The Morgan fingerprint density at radius 1 is 0.625 bits per heavy atom. The van der Waals surface area contributed by atoms with Gasteiger partial charge in [0.15, 0.2) is 0 Å². The molecule has 0 saturated carbocycles. The molecule has 0 amide bonds. The maximum absolute atomic E-state index is 12.1. The summed E-state index contributed by atoms with van der Waals surface area (Å²) in [5.74, 6) is -0.777. The first-order valence-electron chi connectivity index (χ1n) is 6.21. The second kappa shape index (κ2) is 7.07. The largest absolute Gasteiger partial charge is 0.573 e. The fourth-order valence-electron chi connectivity index (χ4n) is 1.71. The van der Waals surface area contributed by atoms with Crippen LogP contribution >= 0.6 is 18.5 Å². The van der Waals surface area contributed by atoms with Crippen molar-refractivity contribution in [1.29, 1.82) is 0 Å². The molecule has 0 aliphatic heterocycles. The van der Waals surface area contributed by atoms with Crippen LogP contribution in [0.2, 0.25) is 0 Å². The van der Waals surface area contributed by atoms with Gasteiger partial charge in [-0.25, -0.2) is 0 Å². The summed E-state index contributed by atoms with van der Waals surface area (Å²) in [5.41, 5.74) is 0. The summed E-state index contributed by atoms with van der Waals surface area (Å²) in [6.07, 6.45) is -9.58. The van der Waals surface area contributed by atoms with Gasteiger partial charge in [-0.15, -0.1) is 26.3 Å². The fraction of sp³-hybridized carbons (Fsp3) is 0.143. The van der Waals surface area contributed by atoms with Crippen LogP contribution in [-0.2, 0) is 0 Å². The second-order valence-electron chi connectivity index (χ2n) is 4.36. The van der Waals surface area contributed by atoms with Crippen LogP contribution in [0, 0.1) is 0 Å². The SMILES string of the molecule is FC(F)(F)Oc1ccc(P(Cl)c2ccc(OC(F)(F)F)cc2)cc1. The van der Waals surface area contributed by atoms with Gasteiger partial charge in [0.1, 0.15) is 11.5 Å². The van der Waals surface area contributed by atoms with Gasteiger partial charge in [0, 0.05) is 0 Å². The zero-order chi connectivity index (χ0) is 18.0. The molecule has 0 aliphatic carbocycles. The Labute approximate surface area is 138 Å². The molecule has 0 aliphatic rings. The van der Waals surface area contributed by atoms with Crippen molar-refractivity contribution in [2.24, 2.45) is 0 Å². The summed E-state index contributed by atoms with van der Waals surface area (Å²) in [4.78, 5) is 0. The van der Waals surface area contributed by atoms with Gasteiger partial charge in [0.05, 0.1) is 7.27 Å². The summed E-state index contributed by atoms with van der Waals surface area (Å²) in [7, 11) is -1.46. The van der Waals surface area contributed by atoms with Crippen LogP contribution in [0.4, 0.5) is 26.3 Å². The monoisotopic (exact) mass is 388 g/mol. The highest BCUT2D eigenvalue weighted by molar-refractivity contribution is 7.95. The molecule has 0 heterocycles. The predicted octanol–water partition coefficient (Wildman–Crippen LogP) is 5.07. The summed E-state index contributed by atoms with van der Waals surface area (Å²) in [5, 5.41) is 1.04. The summed E-state index contributed by atoms with van der Waals surface area (Å²) < 4.78 is 80.0. The Balaban J connectivity index is 2.09. The predicted molar refractivity (Wildman–Crippen MR) is 78.3 cm³/mol. The van der Waals surface area contributed by atoms with E-state index in [-0.39, 0.29) is 11.5 Å². The average molecular weight is 389 g/mol. The molecule has 2 nitrogen and oxygen atoms in total. The quantitative estimate of drug-likeness (QED) is 0.538. The highest BCUT2D eigenvalue weighted by Crippen LogP contribution is 2.40. The van der Waals surface area contributed by atoms with Gasteiger partial charge in [-0.1, -0.05) is 11.2 Å². The van der Waals surface area contributed by atoms with E-state index in [9.17, 15) is 26.3 Å². The Morgan fingerprint density at radius 2 is 0.917 bits per heavy atom. The molecule has 2 aromatic carbocycles. The zero-order valence-electron chi connectivity index (χ0n) is 11.5. The van der Waals surface area contributed by atoms with Crippen LogP contribution in [-0.4, -0.2) is 12.7 Å². The number of hydrogen-bond acceptors (Lipinski definition) is 2. The van der Waals surface area contributed by atoms with Gasteiger partial charge in [0.25, 0.3) is 0 Å². The van der Waals surface area contributed by atoms with Gasteiger partial charge >= 0.3 is 12.7 Å². The van der Waals surface area contributed by atoms with Crippen LogP contribution in [0.3, 0.4) is 0 Å². The first-order chi connectivity index (χ1) is 11.0. The maximum atomic E-state index is 12.1. The fourth-order valence-corrected chi connectivity index (χ4v) is 3.50. The van der Waals surface area contributed by atoms with Gasteiger partial charge in [-0.2, -0.15) is 0 Å². The topological polar surface area (TPSA) is 18.5 Å². The van der Waals surface area contributed by atoms with Crippen molar-refractivity contribution in [3.63, 3.8) is 0 Å². The number of ether oxygens (including phenoxy) is 2. The Kier molecular flexibility index (Phi) is 5.50. The maximum Gasteiger partial charge on any atom is 0.573 e. The van der Waals surface area contributed by atoms with E-state index in [1.165, 1.54) is 24.3 Å². The van der Waals surface area contributed by atoms with E-state index in [2.05, 4.69) is 9.47 Å². The van der Waals surface area contributed by atoms with Crippen molar-refractivity contribution >= 4 is 29.1 Å². The minimum atomic E-state index is -4.79. The standard InChI is InChI=1S/C14H8ClF6O2P/c15-24(11-5-1-9(2-6-11)22-13(16,17)18)12-7-3-10(4-8-12)23-14(19,20)21/h1-8H. The molecule has 2 rings (SSSR count). The normalized spacial score (nSPS) is 12.3. The van der Waals surface area contributed by atoms with E-state index >= 15 is 0 Å². The van der Waals surface area contributed by atoms with Crippen LogP contribution in [0.5, 0.6) is 11.5 Å². The molecule has 0 saturated heterocycles. The summed E-state index contributed by atoms with van der Waals surface area (Å²) in [6, 6.07) is 9.90. The molecule has 0 atom stereocenters. The number of hydrogen-bond donors (Lipinski definition) is 0. The van der Waals surface area contributed by atoms with E-state index in [4.69, 9.17) is 11.2 Å². The Morgan fingerprint density at radius 3 is 1.17 bits per heavy atom. The highest BCUT2D eigenvalue weighted by atomic mass is 35.7. The number of alkyl halides is 6. The lowest BCUT2D eigenvalue weighted by Crippen LogP contribution is -2.18. The first kappa shape index (κ1) is 18.7. The van der Waals surface area contributed by atoms with Gasteiger partial charge in [-0.05, 0) is 59.1 Å². The van der Waals surface area contributed by atoms with Crippen molar-refractivity contribution < 1.29 is 35.8 Å². The van der Waals surface area contributed by atoms with E-state index in [0.717, 1.165) is 24.3 Å². The second-order valence-corrected chi connectivity index (χ2v) is 6.97. The molecule has 0 spiro atoms. The number of rotatable bonds is 4. The molecule has 0 fully saturated rings. The van der Waals surface area contributed by atoms with E-state index in [1.54, 1.807) is 0 Å². The third-order valence-electron chi connectivity index (χ3n) is 2.59. The minimum absolute atomic E-state index is 0.389. The summed E-state index contributed by atoms with van der Waals surface area (Å²) >= 11 is 6.24.